The van der Waals surface area contributed by atoms with Gasteiger partial charge in [-0.2, -0.15) is 5.10 Å². The van der Waals surface area contributed by atoms with E-state index in [-0.39, 0.29) is 30.9 Å². The predicted octanol–water partition coefficient (Wildman–Crippen LogP) is 3.83. The SMILES string of the molecule is CC1=C(c2cccc(F)c2)C=C(F)C(F)(C2=NNC(=O)CC2)C1. The van der Waals surface area contributed by atoms with E-state index in [0.717, 1.165) is 6.08 Å². The highest BCUT2D eigenvalue weighted by Gasteiger charge is 2.44. The van der Waals surface area contributed by atoms with Gasteiger partial charge in [0.05, 0.1) is 5.71 Å². The lowest BCUT2D eigenvalue weighted by Gasteiger charge is -2.31. The first-order valence-electron chi connectivity index (χ1n) is 7.28. The number of hydrogen-bond acceptors (Lipinski definition) is 2. The molecule has 1 aromatic rings. The molecule has 1 aliphatic heterocycles. The Bertz CT molecular complexity index is 767. The van der Waals surface area contributed by atoms with Crippen LogP contribution in [0.2, 0.25) is 0 Å². The van der Waals surface area contributed by atoms with Crippen molar-refractivity contribution < 1.29 is 18.0 Å². The van der Waals surface area contributed by atoms with E-state index in [4.69, 9.17) is 0 Å². The minimum Gasteiger partial charge on any atom is -0.273 e. The average Bonchev–Trinajstić information content (AvgIpc) is 2.51. The quantitative estimate of drug-likeness (QED) is 0.884. The lowest BCUT2D eigenvalue weighted by Crippen LogP contribution is -2.41. The molecule has 6 heteroatoms. The van der Waals surface area contributed by atoms with Gasteiger partial charge in [-0.25, -0.2) is 18.6 Å². The molecule has 120 valence electrons. The standard InChI is InChI=1S/C17H15F3N2O/c1-10-9-17(20,15-5-6-16(23)22-21-15)14(19)8-13(10)11-3-2-4-12(18)7-11/h2-4,7-8H,5-6,9H2,1H3,(H,22,23). The van der Waals surface area contributed by atoms with Crippen LogP contribution >= 0.6 is 0 Å². The molecule has 1 aromatic carbocycles. The van der Waals surface area contributed by atoms with E-state index in [2.05, 4.69) is 10.5 Å². The van der Waals surface area contributed by atoms with Crippen molar-refractivity contribution in [1.29, 1.82) is 0 Å². The minimum atomic E-state index is -2.35. The molecule has 1 amide bonds. The molecule has 1 N–H and O–H groups in total. The van der Waals surface area contributed by atoms with Crippen LogP contribution in [0.1, 0.15) is 31.7 Å². The molecule has 1 unspecified atom stereocenters. The molecule has 1 aliphatic carbocycles. The number of alkyl halides is 1. The molecule has 23 heavy (non-hydrogen) atoms. The number of rotatable bonds is 2. The lowest BCUT2D eigenvalue weighted by molar-refractivity contribution is -0.121. The molecule has 3 rings (SSSR count). The van der Waals surface area contributed by atoms with Gasteiger partial charge in [0, 0.05) is 19.3 Å². The number of nitrogens with zero attached hydrogens (tertiary/aromatic N) is 1. The summed E-state index contributed by atoms with van der Waals surface area (Å²) in [4.78, 5) is 11.1. The number of carbonyl (C=O) groups excluding carboxylic acids is 1. The number of carbonyl (C=O) groups is 1. The van der Waals surface area contributed by atoms with E-state index < -0.39 is 17.3 Å². The van der Waals surface area contributed by atoms with E-state index in [1.54, 1.807) is 13.0 Å². The van der Waals surface area contributed by atoms with Crippen molar-refractivity contribution in [2.75, 3.05) is 0 Å². The predicted molar refractivity (Wildman–Crippen MR) is 81.5 cm³/mol. The Labute approximate surface area is 131 Å². The van der Waals surface area contributed by atoms with Crippen LogP contribution in [-0.2, 0) is 4.79 Å². The Kier molecular flexibility index (Phi) is 3.83. The molecular formula is C17H15F3N2O. The Hall–Kier alpha value is -2.37. The van der Waals surface area contributed by atoms with E-state index in [1.165, 1.54) is 18.2 Å². The number of amides is 1. The Morgan fingerprint density at radius 1 is 1.26 bits per heavy atom. The monoisotopic (exact) mass is 320 g/mol. The molecule has 0 radical (unpaired) electrons. The van der Waals surface area contributed by atoms with E-state index in [1.807, 2.05) is 0 Å². The summed E-state index contributed by atoms with van der Waals surface area (Å²) >= 11 is 0. The lowest BCUT2D eigenvalue weighted by atomic mass is 9.80. The third kappa shape index (κ3) is 2.81. The normalized spacial score (nSPS) is 25.0. The fourth-order valence-corrected chi connectivity index (χ4v) is 2.90. The van der Waals surface area contributed by atoms with Crippen LogP contribution in [0.25, 0.3) is 5.57 Å². The molecule has 0 fully saturated rings. The number of hydrogen-bond donors (Lipinski definition) is 1. The molecule has 1 atom stereocenters. The van der Waals surface area contributed by atoms with Crippen LogP contribution in [0.15, 0.2) is 46.8 Å². The Morgan fingerprint density at radius 3 is 2.70 bits per heavy atom. The number of benzene rings is 1. The largest absolute Gasteiger partial charge is 0.273 e. The third-order valence-corrected chi connectivity index (χ3v) is 4.12. The highest BCUT2D eigenvalue weighted by molar-refractivity contribution is 6.01. The van der Waals surface area contributed by atoms with Crippen LogP contribution in [0, 0.1) is 5.82 Å². The van der Waals surface area contributed by atoms with Gasteiger partial charge in [0.25, 0.3) is 0 Å². The zero-order valence-corrected chi connectivity index (χ0v) is 12.5. The summed E-state index contributed by atoms with van der Waals surface area (Å²) in [5, 5.41) is 3.68. The van der Waals surface area contributed by atoms with Gasteiger partial charge >= 0.3 is 0 Å². The molecule has 0 spiro atoms. The summed E-state index contributed by atoms with van der Waals surface area (Å²) in [6, 6.07) is 5.75. The number of halogens is 3. The molecule has 0 bridgehead atoms. The summed E-state index contributed by atoms with van der Waals surface area (Å²) in [5.74, 6) is -1.73. The Balaban J connectivity index is 1.97. The van der Waals surface area contributed by atoms with Crippen LogP contribution in [0.4, 0.5) is 13.2 Å². The van der Waals surface area contributed by atoms with Gasteiger partial charge in [-0.05, 0) is 36.3 Å². The van der Waals surface area contributed by atoms with Gasteiger partial charge in [0.2, 0.25) is 11.6 Å². The minimum absolute atomic E-state index is 0.0245. The van der Waals surface area contributed by atoms with Gasteiger partial charge in [0.1, 0.15) is 11.6 Å². The molecule has 0 aromatic heterocycles. The van der Waals surface area contributed by atoms with Crippen molar-refractivity contribution in [3.63, 3.8) is 0 Å². The summed E-state index contributed by atoms with van der Waals surface area (Å²) in [7, 11) is 0. The molecule has 0 saturated carbocycles. The summed E-state index contributed by atoms with van der Waals surface area (Å²) in [6.45, 7) is 1.68. The molecule has 1 heterocycles. The summed E-state index contributed by atoms with van der Waals surface area (Å²) < 4.78 is 43.0. The molecule has 3 nitrogen and oxygen atoms in total. The topological polar surface area (TPSA) is 41.5 Å². The maximum Gasteiger partial charge on any atom is 0.240 e. The first-order chi connectivity index (χ1) is 10.9. The second-order valence-corrected chi connectivity index (χ2v) is 5.77. The van der Waals surface area contributed by atoms with Crippen molar-refractivity contribution in [2.45, 2.75) is 31.9 Å². The number of allylic oxidation sites excluding steroid dienone is 4. The van der Waals surface area contributed by atoms with Gasteiger partial charge in [-0.1, -0.05) is 17.7 Å². The fourth-order valence-electron chi connectivity index (χ4n) is 2.90. The van der Waals surface area contributed by atoms with Crippen molar-refractivity contribution in [3.05, 3.63) is 53.1 Å². The smallest absolute Gasteiger partial charge is 0.240 e. The first-order valence-corrected chi connectivity index (χ1v) is 7.28. The second kappa shape index (κ2) is 5.68. The van der Waals surface area contributed by atoms with Crippen molar-refractivity contribution >= 4 is 17.2 Å². The maximum absolute atomic E-state index is 15.2. The van der Waals surface area contributed by atoms with Gasteiger partial charge in [-0.3, -0.25) is 4.79 Å². The van der Waals surface area contributed by atoms with Crippen LogP contribution in [-0.4, -0.2) is 17.3 Å². The van der Waals surface area contributed by atoms with E-state index in [0.29, 0.717) is 16.7 Å². The van der Waals surface area contributed by atoms with Crippen LogP contribution in [0.3, 0.4) is 0 Å². The summed E-state index contributed by atoms with van der Waals surface area (Å²) in [6.07, 6.45) is 1.03. The van der Waals surface area contributed by atoms with Crippen molar-refractivity contribution in [1.82, 2.24) is 5.43 Å². The zero-order chi connectivity index (χ0) is 16.6. The first kappa shape index (κ1) is 15.5. The third-order valence-electron chi connectivity index (χ3n) is 4.12. The molecule has 2 aliphatic rings. The van der Waals surface area contributed by atoms with Gasteiger partial charge < -0.3 is 0 Å². The average molecular weight is 320 g/mol. The van der Waals surface area contributed by atoms with Crippen LogP contribution in [0.5, 0.6) is 0 Å². The zero-order valence-electron chi connectivity index (χ0n) is 12.5. The summed E-state index contributed by atoms with van der Waals surface area (Å²) in [5.41, 5.74) is 1.38. The highest BCUT2D eigenvalue weighted by Crippen LogP contribution is 2.42. The highest BCUT2D eigenvalue weighted by atomic mass is 19.2. The van der Waals surface area contributed by atoms with Gasteiger partial charge in [-0.15, -0.1) is 0 Å². The van der Waals surface area contributed by atoms with Gasteiger partial charge in [0.15, 0.2) is 0 Å². The van der Waals surface area contributed by atoms with E-state index >= 15 is 4.39 Å². The molecule has 0 saturated heterocycles. The number of nitrogens with one attached hydrogen (secondary N) is 1. The fraction of sp³-hybridized carbons (Fsp3) is 0.294. The number of hydrazone groups is 1. The van der Waals surface area contributed by atoms with Crippen molar-refractivity contribution in [2.24, 2.45) is 5.10 Å². The van der Waals surface area contributed by atoms with Crippen LogP contribution < -0.4 is 5.43 Å². The van der Waals surface area contributed by atoms with Crippen molar-refractivity contribution in [3.8, 4) is 0 Å². The van der Waals surface area contributed by atoms with E-state index in [9.17, 15) is 13.6 Å². The maximum atomic E-state index is 15.2. The second-order valence-electron chi connectivity index (χ2n) is 5.77. The molecular weight excluding hydrogens is 305 g/mol. The Morgan fingerprint density at radius 2 is 2.04 bits per heavy atom.